The maximum absolute atomic E-state index is 13.1. The Morgan fingerprint density at radius 1 is 0.833 bits per heavy atom. The Balaban J connectivity index is 1.47. The molecule has 8 heteroatoms. The lowest BCUT2D eigenvalue weighted by Crippen LogP contribution is -2.59. The van der Waals surface area contributed by atoms with Crippen molar-refractivity contribution in [3.8, 4) is 0 Å². The molecule has 0 N–H and O–H groups in total. The van der Waals surface area contributed by atoms with Gasteiger partial charge < -0.3 is 9.80 Å². The van der Waals surface area contributed by atoms with Gasteiger partial charge in [-0.25, -0.2) is 8.42 Å². The summed E-state index contributed by atoms with van der Waals surface area (Å²) in [6.07, 6.45) is 0.309. The smallest absolute Gasteiger partial charge is 0.246 e. The third kappa shape index (κ3) is 4.39. The van der Waals surface area contributed by atoms with Crippen LogP contribution in [-0.2, 0) is 31.9 Å². The van der Waals surface area contributed by atoms with Crippen LogP contribution in [-0.4, -0.2) is 66.6 Å². The molecule has 2 amide bonds. The van der Waals surface area contributed by atoms with Crippen LogP contribution in [0.15, 0.2) is 60.7 Å². The van der Waals surface area contributed by atoms with Gasteiger partial charge in [-0.15, -0.1) is 0 Å². The number of sulfonamides is 1. The molecule has 2 fully saturated rings. The normalized spacial score (nSPS) is 20.7. The summed E-state index contributed by atoms with van der Waals surface area (Å²) in [6.45, 7) is 1.09. The van der Waals surface area contributed by atoms with Crippen molar-refractivity contribution in [2.75, 3.05) is 26.2 Å². The molecule has 2 aliphatic heterocycles. The molecule has 2 saturated heterocycles. The first-order chi connectivity index (χ1) is 14.4. The molecule has 0 saturated carbocycles. The molecule has 158 valence electrons. The Morgan fingerprint density at radius 3 is 2.13 bits per heavy atom. The summed E-state index contributed by atoms with van der Waals surface area (Å²) >= 11 is 0. The van der Waals surface area contributed by atoms with Crippen LogP contribution in [0.1, 0.15) is 17.5 Å². The molecule has 30 heavy (non-hydrogen) atoms. The van der Waals surface area contributed by atoms with Gasteiger partial charge in [-0.3, -0.25) is 9.59 Å². The van der Waals surface area contributed by atoms with Gasteiger partial charge in [0.1, 0.15) is 12.6 Å². The van der Waals surface area contributed by atoms with Crippen molar-refractivity contribution in [1.29, 1.82) is 0 Å². The number of amides is 2. The lowest BCUT2D eigenvalue weighted by Gasteiger charge is -2.39. The first-order valence-electron chi connectivity index (χ1n) is 10.1. The van der Waals surface area contributed by atoms with E-state index in [1.807, 2.05) is 48.5 Å². The summed E-state index contributed by atoms with van der Waals surface area (Å²) in [4.78, 5) is 28.9. The van der Waals surface area contributed by atoms with Crippen molar-refractivity contribution in [2.24, 2.45) is 0 Å². The van der Waals surface area contributed by atoms with Gasteiger partial charge >= 0.3 is 0 Å². The number of nitrogens with zero attached hydrogens (tertiary/aromatic N) is 3. The number of benzene rings is 2. The number of piperazine rings is 1. The van der Waals surface area contributed by atoms with Crippen molar-refractivity contribution in [3.63, 3.8) is 0 Å². The zero-order chi connectivity index (χ0) is 21.1. The van der Waals surface area contributed by atoms with Crippen LogP contribution in [0.3, 0.4) is 0 Å². The second-order valence-corrected chi connectivity index (χ2v) is 9.68. The molecule has 0 spiro atoms. The van der Waals surface area contributed by atoms with Gasteiger partial charge in [0.2, 0.25) is 21.8 Å². The molecule has 2 aromatic carbocycles. The van der Waals surface area contributed by atoms with E-state index in [-0.39, 0.29) is 43.7 Å². The van der Waals surface area contributed by atoms with Gasteiger partial charge in [0.15, 0.2) is 0 Å². The minimum Gasteiger partial charge on any atom is -0.328 e. The van der Waals surface area contributed by atoms with Crippen LogP contribution < -0.4 is 0 Å². The summed E-state index contributed by atoms with van der Waals surface area (Å²) in [7, 11) is -3.53. The van der Waals surface area contributed by atoms with E-state index in [0.29, 0.717) is 13.0 Å². The lowest BCUT2D eigenvalue weighted by atomic mass is 10.1. The van der Waals surface area contributed by atoms with E-state index in [1.165, 1.54) is 4.31 Å². The molecule has 1 atom stereocenters. The molecule has 7 nitrogen and oxygen atoms in total. The Labute approximate surface area is 176 Å². The highest BCUT2D eigenvalue weighted by Crippen LogP contribution is 2.23. The average Bonchev–Trinajstić information content (AvgIpc) is 2.97. The lowest BCUT2D eigenvalue weighted by molar-refractivity contribution is -0.156. The molecular weight excluding hydrogens is 402 g/mol. The number of carbonyl (C=O) groups excluding carboxylic acids is 2. The highest BCUT2D eigenvalue weighted by molar-refractivity contribution is 7.88. The monoisotopic (exact) mass is 427 g/mol. The van der Waals surface area contributed by atoms with Gasteiger partial charge in [-0.2, -0.15) is 4.31 Å². The predicted octanol–water partition coefficient (Wildman–Crippen LogP) is 1.46. The minimum absolute atomic E-state index is 0.0288. The first-order valence-corrected chi connectivity index (χ1v) is 11.7. The predicted molar refractivity (Wildman–Crippen MR) is 113 cm³/mol. The minimum atomic E-state index is -3.53. The Hall–Kier alpha value is -2.71. The van der Waals surface area contributed by atoms with E-state index in [1.54, 1.807) is 21.9 Å². The van der Waals surface area contributed by atoms with Crippen molar-refractivity contribution in [1.82, 2.24) is 14.1 Å². The highest BCUT2D eigenvalue weighted by Gasteiger charge is 2.41. The Bertz CT molecular complexity index is 1010. The molecule has 0 bridgehead atoms. The van der Waals surface area contributed by atoms with Gasteiger partial charge in [-0.1, -0.05) is 60.7 Å². The van der Waals surface area contributed by atoms with E-state index >= 15 is 0 Å². The van der Waals surface area contributed by atoms with Crippen LogP contribution in [0.25, 0.3) is 0 Å². The molecule has 0 aromatic heterocycles. The summed E-state index contributed by atoms with van der Waals surface area (Å²) in [6, 6.07) is 18.0. The molecule has 4 rings (SSSR count). The fraction of sp³-hybridized carbons (Fsp3) is 0.364. The molecule has 0 aliphatic carbocycles. The van der Waals surface area contributed by atoms with Crippen molar-refractivity contribution < 1.29 is 18.0 Å². The quantitative estimate of drug-likeness (QED) is 0.724. The van der Waals surface area contributed by atoms with Crippen molar-refractivity contribution in [2.45, 2.75) is 24.8 Å². The number of hydrogen-bond acceptors (Lipinski definition) is 4. The summed E-state index contributed by atoms with van der Waals surface area (Å²) in [5.74, 6) is -0.320. The Kier molecular flexibility index (Phi) is 5.87. The third-order valence-corrected chi connectivity index (χ3v) is 7.51. The maximum atomic E-state index is 13.1. The fourth-order valence-corrected chi connectivity index (χ4v) is 5.64. The van der Waals surface area contributed by atoms with E-state index in [0.717, 1.165) is 11.1 Å². The average molecular weight is 428 g/mol. The molecule has 1 unspecified atom stereocenters. The van der Waals surface area contributed by atoms with Crippen LogP contribution in [0, 0.1) is 0 Å². The molecule has 2 heterocycles. The van der Waals surface area contributed by atoms with Gasteiger partial charge in [-0.05, 0) is 17.5 Å². The second-order valence-electron chi connectivity index (χ2n) is 7.71. The van der Waals surface area contributed by atoms with Crippen molar-refractivity contribution >= 4 is 21.8 Å². The van der Waals surface area contributed by atoms with E-state index < -0.39 is 16.1 Å². The van der Waals surface area contributed by atoms with Crippen LogP contribution in [0.5, 0.6) is 0 Å². The van der Waals surface area contributed by atoms with Gasteiger partial charge in [0, 0.05) is 26.2 Å². The fourth-order valence-electron chi connectivity index (χ4n) is 4.10. The van der Waals surface area contributed by atoms with Crippen LogP contribution >= 0.6 is 0 Å². The SMILES string of the molecule is O=C1C2CCN(S(=O)(=O)Cc3ccccc3)CCN2C(=O)CN1Cc1ccccc1. The van der Waals surface area contributed by atoms with Crippen molar-refractivity contribution in [3.05, 3.63) is 71.8 Å². The number of hydrogen-bond donors (Lipinski definition) is 0. The summed E-state index contributed by atoms with van der Waals surface area (Å²) in [5, 5.41) is 0. The molecule has 0 radical (unpaired) electrons. The van der Waals surface area contributed by atoms with Gasteiger partial charge in [0.05, 0.1) is 5.75 Å². The summed E-state index contributed by atoms with van der Waals surface area (Å²) < 4.78 is 27.2. The maximum Gasteiger partial charge on any atom is 0.246 e. The second kappa shape index (κ2) is 8.57. The summed E-state index contributed by atoms with van der Waals surface area (Å²) in [5.41, 5.74) is 1.69. The van der Waals surface area contributed by atoms with E-state index in [4.69, 9.17) is 0 Å². The van der Waals surface area contributed by atoms with Crippen LogP contribution in [0.2, 0.25) is 0 Å². The molecule has 2 aromatic rings. The van der Waals surface area contributed by atoms with Gasteiger partial charge in [0.25, 0.3) is 0 Å². The number of carbonyl (C=O) groups is 2. The molecule has 2 aliphatic rings. The Morgan fingerprint density at radius 2 is 1.47 bits per heavy atom. The molecular formula is C22H25N3O4S. The zero-order valence-corrected chi connectivity index (χ0v) is 17.5. The van der Waals surface area contributed by atoms with E-state index in [9.17, 15) is 18.0 Å². The largest absolute Gasteiger partial charge is 0.328 e. The topological polar surface area (TPSA) is 78.0 Å². The standard InChI is InChI=1S/C22H25N3O4S/c26-21-16-23(15-18-7-3-1-4-8-18)22(27)20-11-12-24(13-14-25(20)21)30(28,29)17-19-9-5-2-6-10-19/h1-10,20H,11-17H2. The number of rotatable bonds is 5. The highest BCUT2D eigenvalue weighted by atomic mass is 32.2. The zero-order valence-electron chi connectivity index (χ0n) is 16.7. The van der Waals surface area contributed by atoms with Crippen LogP contribution in [0.4, 0.5) is 0 Å². The number of fused-ring (bicyclic) bond motifs is 1. The first kappa shape index (κ1) is 20.6. The third-order valence-electron chi connectivity index (χ3n) is 5.66. The van der Waals surface area contributed by atoms with E-state index in [2.05, 4.69) is 0 Å².